The number of pyridine rings is 1. The molecule has 0 bridgehead atoms. The summed E-state index contributed by atoms with van der Waals surface area (Å²) in [4.78, 5) is 4.55. The van der Waals surface area contributed by atoms with Gasteiger partial charge in [0.05, 0.1) is 21.8 Å². The third-order valence-corrected chi connectivity index (χ3v) is 5.41. The molecule has 7 heteroatoms. The first-order valence-corrected chi connectivity index (χ1v) is 9.42. The Morgan fingerprint density at radius 1 is 1.12 bits per heavy atom. The lowest BCUT2D eigenvalue weighted by Gasteiger charge is -2.13. The second-order valence-electron chi connectivity index (χ2n) is 5.98. The fraction of sp³-hybridized carbons (Fsp3) is 0.333. The molecule has 2 rings (SSSR count). The van der Waals surface area contributed by atoms with Crippen LogP contribution in [0.4, 0.5) is 5.69 Å². The molecule has 2 aromatic rings. The zero-order valence-corrected chi connectivity index (χ0v) is 15.7. The summed E-state index contributed by atoms with van der Waals surface area (Å²) < 4.78 is 27.5. The van der Waals surface area contributed by atoms with Crippen molar-refractivity contribution in [2.45, 2.75) is 32.6 Å². The molecule has 0 unspecified atom stereocenters. The van der Waals surface area contributed by atoms with Gasteiger partial charge in [-0.2, -0.15) is 5.26 Å². The van der Waals surface area contributed by atoms with E-state index in [9.17, 15) is 13.7 Å². The van der Waals surface area contributed by atoms with Crippen LogP contribution in [-0.2, 0) is 10.0 Å². The molecule has 0 aliphatic rings. The van der Waals surface area contributed by atoms with Crippen molar-refractivity contribution in [3.05, 3.63) is 52.3 Å². The molecule has 0 aliphatic heterocycles. The zero-order chi connectivity index (χ0) is 18.6. The van der Waals surface area contributed by atoms with Gasteiger partial charge in [0, 0.05) is 18.8 Å². The van der Waals surface area contributed by atoms with E-state index in [0.29, 0.717) is 33.9 Å². The van der Waals surface area contributed by atoms with E-state index in [-0.39, 0.29) is 6.54 Å². The van der Waals surface area contributed by atoms with Gasteiger partial charge in [-0.25, -0.2) is 13.1 Å². The minimum atomic E-state index is -3.57. The van der Waals surface area contributed by atoms with Crippen LogP contribution in [0.2, 0.25) is 0 Å². The van der Waals surface area contributed by atoms with Crippen LogP contribution in [0.5, 0.6) is 0 Å². The number of nitrogens with one attached hydrogen (secondary N) is 2. The van der Waals surface area contributed by atoms with E-state index in [4.69, 9.17) is 0 Å². The fourth-order valence-electron chi connectivity index (χ4n) is 2.57. The highest BCUT2D eigenvalue weighted by atomic mass is 32.2. The SMILES string of the molecule is Cc1ccc(C)c(S(=O)(=O)NCCNc2cc(C)nc(C)c2C#N)c1. The molecule has 1 heterocycles. The van der Waals surface area contributed by atoms with Gasteiger partial charge in [0.15, 0.2) is 0 Å². The van der Waals surface area contributed by atoms with Gasteiger partial charge < -0.3 is 5.32 Å². The second kappa shape index (κ2) is 7.64. The van der Waals surface area contributed by atoms with Gasteiger partial charge in [-0.15, -0.1) is 0 Å². The summed E-state index contributed by atoms with van der Waals surface area (Å²) in [5.74, 6) is 0. The molecule has 0 aliphatic carbocycles. The van der Waals surface area contributed by atoms with Crippen molar-refractivity contribution >= 4 is 15.7 Å². The minimum Gasteiger partial charge on any atom is -0.383 e. The number of aryl methyl sites for hydroxylation is 4. The number of rotatable bonds is 6. The topological polar surface area (TPSA) is 94.9 Å². The Morgan fingerprint density at radius 2 is 1.84 bits per heavy atom. The van der Waals surface area contributed by atoms with Gasteiger partial charge in [0.1, 0.15) is 6.07 Å². The van der Waals surface area contributed by atoms with E-state index in [1.54, 1.807) is 32.0 Å². The molecule has 0 saturated carbocycles. The molecule has 0 radical (unpaired) electrons. The molecule has 6 nitrogen and oxygen atoms in total. The molecule has 0 fully saturated rings. The van der Waals surface area contributed by atoms with Crippen LogP contribution in [0, 0.1) is 39.0 Å². The van der Waals surface area contributed by atoms with Crippen molar-refractivity contribution in [1.82, 2.24) is 9.71 Å². The number of sulfonamides is 1. The molecular weight excluding hydrogens is 336 g/mol. The van der Waals surface area contributed by atoms with Crippen molar-refractivity contribution in [2.24, 2.45) is 0 Å². The number of benzene rings is 1. The third kappa shape index (κ3) is 4.56. The highest BCUT2D eigenvalue weighted by Gasteiger charge is 2.16. The summed E-state index contributed by atoms with van der Waals surface area (Å²) in [6.07, 6.45) is 0. The van der Waals surface area contributed by atoms with Crippen LogP contribution in [0.25, 0.3) is 0 Å². The van der Waals surface area contributed by atoms with Crippen molar-refractivity contribution in [3.63, 3.8) is 0 Å². The number of nitrogens with zero attached hydrogens (tertiary/aromatic N) is 2. The van der Waals surface area contributed by atoms with Crippen LogP contribution in [-0.4, -0.2) is 26.5 Å². The average Bonchev–Trinajstić information content (AvgIpc) is 2.53. The molecule has 1 aromatic carbocycles. The molecule has 25 heavy (non-hydrogen) atoms. The standard InChI is InChI=1S/C18H22N4O2S/c1-12-5-6-13(2)18(9-12)25(23,24)21-8-7-20-17-10-14(3)22-15(4)16(17)11-19/h5-6,9-10,21H,7-8H2,1-4H3,(H,20,22). The van der Waals surface area contributed by atoms with Crippen LogP contribution in [0.3, 0.4) is 0 Å². The first-order valence-electron chi connectivity index (χ1n) is 7.93. The van der Waals surface area contributed by atoms with Gasteiger partial charge >= 0.3 is 0 Å². The van der Waals surface area contributed by atoms with E-state index in [1.165, 1.54) is 0 Å². The predicted octanol–water partition coefficient (Wildman–Crippen LogP) is 2.58. The Balaban J connectivity index is 2.04. The van der Waals surface area contributed by atoms with Crippen LogP contribution in [0.1, 0.15) is 28.1 Å². The van der Waals surface area contributed by atoms with Crippen LogP contribution < -0.4 is 10.0 Å². The number of aromatic nitrogens is 1. The molecular formula is C18H22N4O2S. The van der Waals surface area contributed by atoms with Crippen molar-refractivity contribution in [1.29, 1.82) is 5.26 Å². The first-order chi connectivity index (χ1) is 11.7. The average molecular weight is 358 g/mol. The maximum atomic E-state index is 12.4. The minimum absolute atomic E-state index is 0.209. The lowest BCUT2D eigenvalue weighted by Crippen LogP contribution is -2.29. The van der Waals surface area contributed by atoms with E-state index in [2.05, 4.69) is 21.1 Å². The van der Waals surface area contributed by atoms with Gasteiger partial charge in [-0.1, -0.05) is 12.1 Å². The van der Waals surface area contributed by atoms with Gasteiger partial charge in [-0.05, 0) is 51.0 Å². The molecule has 0 saturated heterocycles. The quantitative estimate of drug-likeness (QED) is 0.774. The lowest BCUT2D eigenvalue weighted by atomic mass is 10.1. The van der Waals surface area contributed by atoms with E-state index < -0.39 is 10.0 Å². The molecule has 1 aromatic heterocycles. The fourth-order valence-corrected chi connectivity index (χ4v) is 3.93. The Hall–Kier alpha value is -2.43. The van der Waals surface area contributed by atoms with Crippen molar-refractivity contribution in [2.75, 3.05) is 18.4 Å². The summed E-state index contributed by atoms with van der Waals surface area (Å²) in [7, 11) is -3.57. The van der Waals surface area contributed by atoms with Gasteiger partial charge in [0.25, 0.3) is 0 Å². The molecule has 2 N–H and O–H groups in total. The molecule has 132 valence electrons. The van der Waals surface area contributed by atoms with E-state index in [1.807, 2.05) is 19.9 Å². The summed E-state index contributed by atoms with van der Waals surface area (Å²) >= 11 is 0. The highest BCUT2D eigenvalue weighted by molar-refractivity contribution is 7.89. The second-order valence-corrected chi connectivity index (χ2v) is 7.71. The summed E-state index contributed by atoms with van der Waals surface area (Å²) in [5, 5.41) is 12.3. The monoisotopic (exact) mass is 358 g/mol. The Kier molecular flexibility index (Phi) is 5.77. The third-order valence-electron chi connectivity index (χ3n) is 3.81. The Morgan fingerprint density at radius 3 is 2.52 bits per heavy atom. The first kappa shape index (κ1) is 18.9. The van der Waals surface area contributed by atoms with E-state index in [0.717, 1.165) is 11.3 Å². The zero-order valence-electron chi connectivity index (χ0n) is 14.8. The maximum absolute atomic E-state index is 12.4. The van der Waals surface area contributed by atoms with Crippen LogP contribution >= 0.6 is 0 Å². The number of nitriles is 1. The largest absolute Gasteiger partial charge is 0.383 e. The van der Waals surface area contributed by atoms with Crippen LogP contribution in [0.15, 0.2) is 29.2 Å². The normalized spacial score (nSPS) is 11.2. The lowest BCUT2D eigenvalue weighted by molar-refractivity contribution is 0.582. The van der Waals surface area contributed by atoms with Crippen molar-refractivity contribution < 1.29 is 8.42 Å². The Labute approximate surface area is 149 Å². The van der Waals surface area contributed by atoms with E-state index >= 15 is 0 Å². The van der Waals surface area contributed by atoms with Gasteiger partial charge in [-0.3, -0.25) is 4.98 Å². The number of hydrogen-bond donors (Lipinski definition) is 2. The predicted molar refractivity (Wildman–Crippen MR) is 98.0 cm³/mol. The summed E-state index contributed by atoms with van der Waals surface area (Å²) in [6, 6.07) is 9.25. The maximum Gasteiger partial charge on any atom is 0.240 e. The molecule has 0 spiro atoms. The number of hydrogen-bond acceptors (Lipinski definition) is 5. The molecule has 0 amide bonds. The highest BCUT2D eigenvalue weighted by Crippen LogP contribution is 2.19. The smallest absolute Gasteiger partial charge is 0.240 e. The van der Waals surface area contributed by atoms with Crippen molar-refractivity contribution in [3.8, 4) is 6.07 Å². The summed E-state index contributed by atoms with van der Waals surface area (Å²) in [5.41, 5.74) is 4.20. The number of anilines is 1. The Bertz CT molecular complexity index is 931. The summed E-state index contributed by atoms with van der Waals surface area (Å²) in [6.45, 7) is 7.83. The van der Waals surface area contributed by atoms with Gasteiger partial charge in [0.2, 0.25) is 10.0 Å². The molecule has 0 atom stereocenters.